The van der Waals surface area contributed by atoms with Gasteiger partial charge in [0.15, 0.2) is 6.61 Å². The van der Waals surface area contributed by atoms with Gasteiger partial charge in [0.05, 0.1) is 5.69 Å². The zero-order valence-corrected chi connectivity index (χ0v) is 16.5. The van der Waals surface area contributed by atoms with Crippen LogP contribution in [0.5, 0.6) is 5.75 Å². The van der Waals surface area contributed by atoms with Gasteiger partial charge in [-0.25, -0.2) is 0 Å². The summed E-state index contributed by atoms with van der Waals surface area (Å²) in [4.78, 5) is 12.1. The van der Waals surface area contributed by atoms with Gasteiger partial charge in [-0.15, -0.1) is 0 Å². The molecule has 5 heteroatoms. The van der Waals surface area contributed by atoms with Crippen LogP contribution in [0, 0.1) is 0 Å². The van der Waals surface area contributed by atoms with Gasteiger partial charge >= 0.3 is 0 Å². The lowest BCUT2D eigenvalue weighted by molar-refractivity contribution is -0.118. The van der Waals surface area contributed by atoms with Gasteiger partial charge in [-0.2, -0.15) is 0 Å². The highest BCUT2D eigenvalue weighted by atomic mass is 79.9. The first-order chi connectivity index (χ1) is 10.8. The molecule has 0 unspecified atom stereocenters. The molecule has 0 saturated carbocycles. The predicted molar refractivity (Wildman–Crippen MR) is 101 cm³/mol. The van der Waals surface area contributed by atoms with Gasteiger partial charge < -0.3 is 10.1 Å². The number of ether oxygens (including phenoxy) is 1. The van der Waals surface area contributed by atoms with E-state index in [4.69, 9.17) is 4.74 Å². The second kappa shape index (κ2) is 7.49. The second-order valence-electron chi connectivity index (χ2n) is 6.21. The Bertz CT molecular complexity index is 708. The molecule has 2 aromatic carbocycles. The molecule has 2 rings (SSSR count). The van der Waals surface area contributed by atoms with Crippen LogP contribution in [0.15, 0.2) is 51.4 Å². The van der Waals surface area contributed by atoms with Gasteiger partial charge in [-0.3, -0.25) is 4.79 Å². The molecule has 1 N–H and O–H groups in total. The lowest BCUT2D eigenvalue weighted by Crippen LogP contribution is -2.22. The van der Waals surface area contributed by atoms with Crippen LogP contribution in [-0.2, 0) is 10.2 Å². The molecule has 3 nitrogen and oxygen atoms in total. The Kier molecular flexibility index (Phi) is 5.87. The highest BCUT2D eigenvalue weighted by Gasteiger charge is 2.20. The van der Waals surface area contributed by atoms with Crippen molar-refractivity contribution in [3.05, 3.63) is 57.0 Å². The topological polar surface area (TPSA) is 38.3 Å². The van der Waals surface area contributed by atoms with Crippen molar-refractivity contribution >= 4 is 43.5 Å². The van der Waals surface area contributed by atoms with E-state index in [1.807, 2.05) is 42.5 Å². The molecule has 2 aromatic rings. The molecule has 0 bridgehead atoms. The molecule has 0 saturated heterocycles. The van der Waals surface area contributed by atoms with Crippen molar-refractivity contribution in [2.75, 3.05) is 11.9 Å². The maximum atomic E-state index is 12.1. The highest BCUT2D eigenvalue weighted by molar-refractivity contribution is 9.10. The highest BCUT2D eigenvalue weighted by Crippen LogP contribution is 2.33. The summed E-state index contributed by atoms with van der Waals surface area (Å²) in [6.07, 6.45) is 0. The monoisotopic (exact) mass is 439 g/mol. The number of carbonyl (C=O) groups is 1. The van der Waals surface area contributed by atoms with Crippen molar-refractivity contribution in [1.29, 1.82) is 0 Å². The van der Waals surface area contributed by atoms with Gasteiger partial charge in [0, 0.05) is 14.5 Å². The molecular weight excluding hydrogens is 422 g/mol. The number of halogens is 2. The van der Waals surface area contributed by atoms with Crippen LogP contribution >= 0.6 is 31.9 Å². The Morgan fingerprint density at radius 1 is 1.13 bits per heavy atom. The standard InChI is InChI=1S/C18H19Br2NO2/c1-18(2,3)13-10-12(19)8-9-16(13)23-11-17(22)21-15-7-5-4-6-14(15)20/h4-10H,11H2,1-3H3,(H,21,22). The first-order valence-electron chi connectivity index (χ1n) is 7.24. The lowest BCUT2D eigenvalue weighted by Gasteiger charge is -2.23. The first kappa shape index (κ1) is 18.0. The molecule has 0 radical (unpaired) electrons. The fourth-order valence-corrected chi connectivity index (χ4v) is 2.85. The van der Waals surface area contributed by atoms with Gasteiger partial charge in [0.25, 0.3) is 5.91 Å². The van der Waals surface area contributed by atoms with Crippen molar-refractivity contribution in [3.8, 4) is 5.75 Å². The summed E-state index contributed by atoms with van der Waals surface area (Å²) in [7, 11) is 0. The van der Waals surface area contributed by atoms with E-state index in [-0.39, 0.29) is 17.9 Å². The van der Waals surface area contributed by atoms with E-state index in [1.54, 1.807) is 0 Å². The number of amides is 1. The van der Waals surface area contributed by atoms with Crippen molar-refractivity contribution in [3.63, 3.8) is 0 Å². The maximum Gasteiger partial charge on any atom is 0.262 e. The number of benzene rings is 2. The van der Waals surface area contributed by atoms with E-state index >= 15 is 0 Å². The van der Waals surface area contributed by atoms with Crippen molar-refractivity contribution in [2.45, 2.75) is 26.2 Å². The molecule has 0 aliphatic heterocycles. The molecule has 1 amide bonds. The fraction of sp³-hybridized carbons (Fsp3) is 0.278. The predicted octanol–water partition coefficient (Wildman–Crippen LogP) is 5.53. The van der Waals surface area contributed by atoms with Crippen molar-refractivity contribution in [2.24, 2.45) is 0 Å². The summed E-state index contributed by atoms with van der Waals surface area (Å²) >= 11 is 6.89. The molecule has 0 fully saturated rings. The second-order valence-corrected chi connectivity index (χ2v) is 7.98. The molecule has 0 heterocycles. The summed E-state index contributed by atoms with van der Waals surface area (Å²) in [5, 5.41) is 2.83. The van der Waals surface area contributed by atoms with Crippen LogP contribution in [0.25, 0.3) is 0 Å². The Labute approximate surface area is 153 Å². The third-order valence-electron chi connectivity index (χ3n) is 3.26. The number of anilines is 1. The Morgan fingerprint density at radius 3 is 2.48 bits per heavy atom. The average molecular weight is 441 g/mol. The molecular formula is C18H19Br2NO2. The van der Waals surface area contributed by atoms with E-state index in [1.165, 1.54) is 0 Å². The summed E-state index contributed by atoms with van der Waals surface area (Å²) < 4.78 is 7.58. The van der Waals surface area contributed by atoms with Gasteiger partial charge in [0.2, 0.25) is 0 Å². The smallest absolute Gasteiger partial charge is 0.262 e. The van der Waals surface area contributed by atoms with Crippen LogP contribution in [0.1, 0.15) is 26.3 Å². The third kappa shape index (κ3) is 5.08. The number of hydrogen-bond acceptors (Lipinski definition) is 2. The Balaban J connectivity index is 2.06. The number of nitrogens with one attached hydrogen (secondary N) is 1. The van der Waals surface area contributed by atoms with Crippen LogP contribution in [-0.4, -0.2) is 12.5 Å². The zero-order valence-electron chi connectivity index (χ0n) is 13.3. The van der Waals surface area contributed by atoms with E-state index in [0.717, 1.165) is 25.9 Å². The molecule has 122 valence electrons. The van der Waals surface area contributed by atoms with Crippen LogP contribution in [0.2, 0.25) is 0 Å². The molecule has 0 spiro atoms. The number of para-hydroxylation sites is 1. The zero-order chi connectivity index (χ0) is 17.0. The van der Waals surface area contributed by atoms with E-state index in [9.17, 15) is 4.79 Å². The fourth-order valence-electron chi connectivity index (χ4n) is 2.11. The molecule has 0 aromatic heterocycles. The Morgan fingerprint density at radius 2 is 1.83 bits per heavy atom. The molecule has 23 heavy (non-hydrogen) atoms. The third-order valence-corrected chi connectivity index (χ3v) is 4.44. The maximum absolute atomic E-state index is 12.1. The van der Waals surface area contributed by atoms with Crippen LogP contribution in [0.3, 0.4) is 0 Å². The van der Waals surface area contributed by atoms with Gasteiger partial charge in [0.1, 0.15) is 5.75 Å². The minimum absolute atomic E-state index is 0.0357. The normalized spacial score (nSPS) is 11.2. The van der Waals surface area contributed by atoms with E-state index in [0.29, 0.717) is 0 Å². The van der Waals surface area contributed by atoms with Crippen LogP contribution < -0.4 is 10.1 Å². The van der Waals surface area contributed by atoms with Crippen molar-refractivity contribution in [1.82, 2.24) is 0 Å². The largest absolute Gasteiger partial charge is 0.483 e. The molecule has 0 atom stereocenters. The lowest BCUT2D eigenvalue weighted by atomic mass is 9.86. The summed E-state index contributed by atoms with van der Waals surface area (Å²) in [6, 6.07) is 13.3. The number of rotatable bonds is 4. The van der Waals surface area contributed by atoms with E-state index < -0.39 is 0 Å². The number of carbonyl (C=O) groups excluding carboxylic acids is 1. The average Bonchev–Trinajstić information content (AvgIpc) is 2.47. The molecule has 0 aliphatic carbocycles. The SMILES string of the molecule is CC(C)(C)c1cc(Br)ccc1OCC(=O)Nc1ccccc1Br. The minimum Gasteiger partial charge on any atom is -0.483 e. The summed E-state index contributed by atoms with van der Waals surface area (Å²) in [5.74, 6) is 0.530. The van der Waals surface area contributed by atoms with Gasteiger partial charge in [-0.1, -0.05) is 48.8 Å². The summed E-state index contributed by atoms with van der Waals surface area (Å²) in [6.45, 7) is 6.31. The Hall–Kier alpha value is -1.33. The molecule has 0 aliphatic rings. The van der Waals surface area contributed by atoms with E-state index in [2.05, 4.69) is 57.9 Å². The van der Waals surface area contributed by atoms with Crippen LogP contribution in [0.4, 0.5) is 5.69 Å². The first-order valence-corrected chi connectivity index (χ1v) is 8.83. The van der Waals surface area contributed by atoms with Gasteiger partial charge in [-0.05, 0) is 51.7 Å². The van der Waals surface area contributed by atoms with Crippen molar-refractivity contribution < 1.29 is 9.53 Å². The minimum atomic E-state index is -0.195. The number of hydrogen-bond donors (Lipinski definition) is 1. The summed E-state index contributed by atoms with van der Waals surface area (Å²) in [5.41, 5.74) is 1.71. The quantitative estimate of drug-likeness (QED) is 0.678.